The van der Waals surface area contributed by atoms with Crippen molar-refractivity contribution in [3.8, 4) is 0 Å². The first-order chi connectivity index (χ1) is 13.2. The number of carbonyl (C=O) groups is 3. The zero-order valence-electron chi connectivity index (χ0n) is 17.2. The van der Waals surface area contributed by atoms with Gasteiger partial charge in [-0.05, 0) is 48.3 Å². The van der Waals surface area contributed by atoms with Crippen LogP contribution in [-0.4, -0.2) is 35.7 Å². The molecule has 1 N–H and O–H groups in total. The number of rotatable bonds is 5. The molecule has 156 valence electrons. The van der Waals surface area contributed by atoms with Crippen LogP contribution in [0, 0.1) is 52.8 Å². The van der Waals surface area contributed by atoms with E-state index in [-0.39, 0.29) is 18.4 Å². The van der Waals surface area contributed by atoms with Crippen molar-refractivity contribution in [1.82, 2.24) is 0 Å². The average Bonchev–Trinajstić information content (AvgIpc) is 3.36. The lowest BCUT2D eigenvalue weighted by atomic mass is 9.65. The second-order valence-electron chi connectivity index (χ2n) is 10.1. The predicted octanol–water partition coefficient (Wildman–Crippen LogP) is 3.14. The van der Waals surface area contributed by atoms with Gasteiger partial charge in [0.15, 0.2) is 0 Å². The Kier molecular flexibility index (Phi) is 4.74. The van der Waals surface area contributed by atoms with Crippen LogP contribution in [0.2, 0.25) is 0 Å². The van der Waals surface area contributed by atoms with Crippen LogP contribution < -0.4 is 0 Å². The molecule has 6 heteroatoms. The molecule has 3 aliphatic carbocycles. The van der Waals surface area contributed by atoms with Crippen molar-refractivity contribution in [1.29, 1.82) is 0 Å². The van der Waals surface area contributed by atoms with E-state index in [9.17, 15) is 19.5 Å². The fourth-order valence-corrected chi connectivity index (χ4v) is 7.20. The Morgan fingerprint density at radius 3 is 2.11 bits per heavy atom. The third kappa shape index (κ3) is 2.70. The Bertz CT molecular complexity index is 685. The van der Waals surface area contributed by atoms with Crippen molar-refractivity contribution in [3.05, 3.63) is 0 Å². The van der Waals surface area contributed by atoms with Crippen LogP contribution in [0.1, 0.15) is 53.4 Å². The first-order valence-corrected chi connectivity index (χ1v) is 10.8. The molecular formula is C22H32O6. The van der Waals surface area contributed by atoms with Gasteiger partial charge < -0.3 is 14.6 Å². The highest BCUT2D eigenvalue weighted by Crippen LogP contribution is 2.67. The maximum absolute atomic E-state index is 13.2. The van der Waals surface area contributed by atoms with Crippen LogP contribution in [0.5, 0.6) is 0 Å². The zero-order chi connectivity index (χ0) is 20.4. The lowest BCUT2D eigenvalue weighted by Gasteiger charge is -2.38. The van der Waals surface area contributed by atoms with Gasteiger partial charge in [-0.2, -0.15) is 0 Å². The summed E-state index contributed by atoms with van der Waals surface area (Å²) in [5.41, 5.74) is -0.585. The molecule has 1 heterocycles. The van der Waals surface area contributed by atoms with Gasteiger partial charge in [0.05, 0.1) is 11.8 Å². The quantitative estimate of drug-likeness (QED) is 0.723. The van der Waals surface area contributed by atoms with Gasteiger partial charge in [-0.3, -0.25) is 9.59 Å². The summed E-state index contributed by atoms with van der Waals surface area (Å²) < 4.78 is 10.7. The Labute approximate surface area is 166 Å². The molecule has 0 aromatic heterocycles. The van der Waals surface area contributed by atoms with Crippen molar-refractivity contribution >= 4 is 17.9 Å². The molecule has 3 saturated carbocycles. The van der Waals surface area contributed by atoms with Crippen LogP contribution in [0.25, 0.3) is 0 Å². The molecule has 0 aromatic carbocycles. The molecule has 28 heavy (non-hydrogen) atoms. The smallest absolute Gasteiger partial charge is 0.348 e. The molecule has 2 bridgehead atoms. The number of ether oxygens (including phenoxy) is 2. The highest BCUT2D eigenvalue weighted by atomic mass is 16.6. The van der Waals surface area contributed by atoms with Gasteiger partial charge in [-0.25, -0.2) is 4.79 Å². The number of fused-ring (bicyclic) bond motifs is 5. The minimum atomic E-state index is -0.946. The number of carbonyl (C=O) groups excluding carboxylic acids is 2. The fourth-order valence-electron chi connectivity index (χ4n) is 7.20. The standard InChI is InChI=1S/C22H32O6/c1-5-10-7-11(6-2)15-13-8-12(14(10)15)16(19(23)24)17(13)20(25)28-18-21(26)27-9-22(18,3)4/h10-18H,5-9H2,1-4H3,(H,23,24). The molecule has 9 atom stereocenters. The van der Waals surface area contributed by atoms with E-state index >= 15 is 0 Å². The van der Waals surface area contributed by atoms with Gasteiger partial charge in [0.25, 0.3) is 0 Å². The number of carboxylic acids is 1. The number of hydrogen-bond acceptors (Lipinski definition) is 5. The Balaban J connectivity index is 1.61. The topological polar surface area (TPSA) is 89.9 Å². The van der Waals surface area contributed by atoms with Gasteiger partial charge in [-0.15, -0.1) is 0 Å². The summed E-state index contributed by atoms with van der Waals surface area (Å²) >= 11 is 0. The lowest BCUT2D eigenvalue weighted by molar-refractivity contribution is -0.174. The second kappa shape index (κ2) is 6.74. The van der Waals surface area contributed by atoms with E-state index in [4.69, 9.17) is 9.47 Å². The molecular weight excluding hydrogens is 360 g/mol. The SMILES string of the molecule is CCC1CC(CC)C2C3CC(C(C(=O)O)C3C(=O)OC3C(=O)OCC3(C)C)C12. The molecule has 6 nitrogen and oxygen atoms in total. The van der Waals surface area contributed by atoms with Crippen molar-refractivity contribution < 1.29 is 29.0 Å². The summed E-state index contributed by atoms with van der Waals surface area (Å²) in [6.07, 6.45) is 3.15. The average molecular weight is 392 g/mol. The van der Waals surface area contributed by atoms with Crippen molar-refractivity contribution in [2.45, 2.75) is 59.5 Å². The summed E-state index contributed by atoms with van der Waals surface area (Å²) in [5, 5.41) is 9.97. The maximum atomic E-state index is 13.2. The van der Waals surface area contributed by atoms with Gasteiger partial charge in [-0.1, -0.05) is 40.5 Å². The van der Waals surface area contributed by atoms with Crippen LogP contribution >= 0.6 is 0 Å². The number of aliphatic carboxylic acids is 1. The third-order valence-electron chi connectivity index (χ3n) is 8.33. The van der Waals surface area contributed by atoms with E-state index in [2.05, 4.69) is 13.8 Å². The van der Waals surface area contributed by atoms with Crippen molar-refractivity contribution in [2.24, 2.45) is 52.8 Å². The summed E-state index contributed by atoms with van der Waals surface area (Å²) in [4.78, 5) is 37.4. The molecule has 0 spiro atoms. The minimum Gasteiger partial charge on any atom is -0.481 e. The molecule has 4 rings (SSSR count). The van der Waals surface area contributed by atoms with E-state index in [1.54, 1.807) is 0 Å². The Morgan fingerprint density at radius 1 is 1.07 bits per heavy atom. The first-order valence-electron chi connectivity index (χ1n) is 10.8. The normalized spacial score (nSPS) is 45.7. The van der Waals surface area contributed by atoms with Gasteiger partial charge in [0.1, 0.15) is 6.61 Å². The van der Waals surface area contributed by atoms with Crippen LogP contribution in [0.4, 0.5) is 0 Å². The third-order valence-corrected chi connectivity index (χ3v) is 8.33. The van der Waals surface area contributed by atoms with Crippen LogP contribution in [-0.2, 0) is 23.9 Å². The summed E-state index contributed by atoms with van der Waals surface area (Å²) in [7, 11) is 0. The van der Waals surface area contributed by atoms with Gasteiger partial charge in [0.2, 0.25) is 6.10 Å². The molecule has 0 aromatic rings. The van der Waals surface area contributed by atoms with E-state index in [0.717, 1.165) is 25.7 Å². The van der Waals surface area contributed by atoms with Crippen molar-refractivity contribution in [3.63, 3.8) is 0 Å². The molecule has 0 amide bonds. The lowest BCUT2D eigenvalue weighted by Crippen LogP contribution is -2.46. The van der Waals surface area contributed by atoms with Gasteiger partial charge >= 0.3 is 17.9 Å². The second-order valence-corrected chi connectivity index (χ2v) is 10.1. The number of cyclic esters (lactones) is 1. The molecule has 1 saturated heterocycles. The van der Waals surface area contributed by atoms with Crippen molar-refractivity contribution in [2.75, 3.05) is 6.61 Å². The number of carboxylic acid groups (broad SMARTS) is 1. The predicted molar refractivity (Wildman–Crippen MR) is 100.0 cm³/mol. The highest BCUT2D eigenvalue weighted by molar-refractivity contribution is 5.86. The molecule has 1 aliphatic heterocycles. The van der Waals surface area contributed by atoms with E-state index in [1.807, 2.05) is 13.8 Å². The zero-order valence-corrected chi connectivity index (χ0v) is 17.2. The minimum absolute atomic E-state index is 0.0510. The van der Waals surface area contributed by atoms with Crippen LogP contribution in [0.15, 0.2) is 0 Å². The molecule has 4 aliphatic rings. The van der Waals surface area contributed by atoms with Crippen LogP contribution in [0.3, 0.4) is 0 Å². The molecule has 9 unspecified atom stereocenters. The fraction of sp³-hybridized carbons (Fsp3) is 0.864. The van der Waals surface area contributed by atoms with E-state index in [1.165, 1.54) is 0 Å². The summed E-state index contributed by atoms with van der Waals surface area (Å²) in [6.45, 7) is 8.27. The first kappa shape index (κ1) is 19.7. The largest absolute Gasteiger partial charge is 0.481 e. The van der Waals surface area contributed by atoms with E-state index in [0.29, 0.717) is 23.7 Å². The summed E-state index contributed by atoms with van der Waals surface area (Å²) in [5.74, 6) is -1.20. The number of esters is 2. The molecule has 0 radical (unpaired) electrons. The Morgan fingerprint density at radius 2 is 1.64 bits per heavy atom. The highest BCUT2D eigenvalue weighted by Gasteiger charge is 2.67. The molecule has 4 fully saturated rings. The number of hydrogen-bond donors (Lipinski definition) is 1. The Hall–Kier alpha value is -1.59. The summed E-state index contributed by atoms with van der Waals surface area (Å²) in [6, 6.07) is 0. The van der Waals surface area contributed by atoms with Gasteiger partial charge in [0, 0.05) is 5.41 Å². The monoisotopic (exact) mass is 392 g/mol. The van der Waals surface area contributed by atoms with E-state index < -0.39 is 41.3 Å². The maximum Gasteiger partial charge on any atom is 0.348 e.